The zero-order valence-corrected chi connectivity index (χ0v) is 11.4. The molecule has 0 amide bonds. The molecular weight excluding hydrogens is 260 g/mol. The summed E-state index contributed by atoms with van der Waals surface area (Å²) < 4.78 is 12.0. The fourth-order valence-corrected chi connectivity index (χ4v) is 1.63. The van der Waals surface area contributed by atoms with Crippen LogP contribution in [0.3, 0.4) is 0 Å². The maximum absolute atomic E-state index is 11.9. The van der Waals surface area contributed by atoms with E-state index in [9.17, 15) is 4.79 Å². The van der Waals surface area contributed by atoms with E-state index >= 15 is 0 Å². The number of esters is 1. The van der Waals surface area contributed by atoms with Gasteiger partial charge in [-0.1, -0.05) is 0 Å². The molecule has 7 heteroatoms. The number of hydrogen-bond acceptors (Lipinski definition) is 6. The molecule has 1 aromatic carbocycles. The number of nitrogens with two attached hydrogens (primary N) is 1. The number of nitrogen functional groups attached to an aromatic ring is 1. The molecule has 1 heterocycles. The molecular formula is C13H16N4O3. The van der Waals surface area contributed by atoms with Crippen LogP contribution in [0, 0.1) is 0 Å². The Labute approximate surface area is 116 Å². The lowest BCUT2D eigenvalue weighted by Crippen LogP contribution is -2.09. The fourth-order valence-electron chi connectivity index (χ4n) is 1.63. The monoisotopic (exact) mass is 276 g/mol. The van der Waals surface area contributed by atoms with Crippen molar-refractivity contribution in [2.75, 3.05) is 12.3 Å². The molecule has 0 atom stereocenters. The van der Waals surface area contributed by atoms with Crippen molar-refractivity contribution in [3.05, 3.63) is 35.9 Å². The topological polar surface area (TPSA) is 92.3 Å². The lowest BCUT2D eigenvalue weighted by atomic mass is 10.2. The molecule has 0 radical (unpaired) electrons. The van der Waals surface area contributed by atoms with Gasteiger partial charge in [0.05, 0.1) is 17.9 Å². The lowest BCUT2D eigenvalue weighted by molar-refractivity contribution is 0.0458. The first-order valence-electron chi connectivity index (χ1n) is 6.14. The van der Waals surface area contributed by atoms with Gasteiger partial charge in [0.2, 0.25) is 0 Å². The van der Waals surface area contributed by atoms with Crippen LogP contribution in [-0.2, 0) is 18.4 Å². The Hall–Kier alpha value is -2.57. The van der Waals surface area contributed by atoms with E-state index in [0.717, 1.165) is 0 Å². The first kappa shape index (κ1) is 13.9. The van der Waals surface area contributed by atoms with Crippen LogP contribution in [0.1, 0.15) is 23.1 Å². The number of carbonyl (C=O) groups excluding carboxylic acids is 1. The summed E-state index contributed by atoms with van der Waals surface area (Å²) >= 11 is 0. The molecule has 0 aliphatic carbocycles. The summed E-state index contributed by atoms with van der Waals surface area (Å²) in [5, 5.41) is 3.89. The molecule has 2 N–H and O–H groups in total. The predicted octanol–water partition coefficient (Wildman–Crippen LogP) is 1.15. The van der Waals surface area contributed by atoms with Gasteiger partial charge in [0.25, 0.3) is 0 Å². The number of hydrogen-bond donors (Lipinski definition) is 1. The summed E-state index contributed by atoms with van der Waals surface area (Å²) in [6.45, 7) is 2.44. The van der Waals surface area contributed by atoms with Crippen molar-refractivity contribution in [1.29, 1.82) is 0 Å². The van der Waals surface area contributed by atoms with Gasteiger partial charge < -0.3 is 15.2 Å². The molecule has 0 aliphatic rings. The smallest absolute Gasteiger partial charge is 0.338 e. The maximum Gasteiger partial charge on any atom is 0.338 e. The molecule has 106 valence electrons. The van der Waals surface area contributed by atoms with E-state index in [1.165, 1.54) is 12.4 Å². The van der Waals surface area contributed by atoms with Gasteiger partial charge in [-0.15, -0.1) is 0 Å². The molecule has 7 nitrogen and oxygen atoms in total. The van der Waals surface area contributed by atoms with Crippen molar-refractivity contribution < 1.29 is 14.3 Å². The summed E-state index contributed by atoms with van der Waals surface area (Å²) in [6, 6.07) is 4.79. The number of carbonyl (C=O) groups is 1. The molecule has 2 rings (SSSR count). The lowest BCUT2D eigenvalue weighted by Gasteiger charge is -2.08. The number of rotatable bonds is 5. The van der Waals surface area contributed by atoms with Crippen LogP contribution in [0.2, 0.25) is 0 Å². The Bertz CT molecular complexity index is 609. The van der Waals surface area contributed by atoms with Crippen molar-refractivity contribution in [1.82, 2.24) is 14.8 Å². The van der Waals surface area contributed by atoms with E-state index in [2.05, 4.69) is 10.1 Å². The minimum Gasteiger partial charge on any atom is -0.492 e. The number of anilines is 1. The van der Waals surface area contributed by atoms with E-state index in [4.69, 9.17) is 15.2 Å². The first-order chi connectivity index (χ1) is 9.61. The van der Waals surface area contributed by atoms with Crippen LogP contribution in [0.15, 0.2) is 24.5 Å². The number of aryl methyl sites for hydroxylation is 1. The van der Waals surface area contributed by atoms with Crippen molar-refractivity contribution in [3.8, 4) is 5.75 Å². The van der Waals surface area contributed by atoms with Crippen LogP contribution >= 0.6 is 0 Å². The third kappa shape index (κ3) is 3.05. The predicted molar refractivity (Wildman–Crippen MR) is 72.1 cm³/mol. The molecule has 0 saturated carbocycles. The van der Waals surface area contributed by atoms with E-state index < -0.39 is 5.97 Å². The largest absolute Gasteiger partial charge is 0.492 e. The van der Waals surface area contributed by atoms with E-state index in [1.807, 2.05) is 6.92 Å². The van der Waals surface area contributed by atoms with Crippen LogP contribution in [0.25, 0.3) is 0 Å². The van der Waals surface area contributed by atoms with E-state index in [1.54, 1.807) is 23.9 Å². The molecule has 20 heavy (non-hydrogen) atoms. The van der Waals surface area contributed by atoms with Crippen molar-refractivity contribution >= 4 is 11.7 Å². The Balaban J connectivity index is 2.02. The summed E-state index contributed by atoms with van der Waals surface area (Å²) in [6.07, 6.45) is 1.40. The highest BCUT2D eigenvalue weighted by Gasteiger charge is 2.11. The first-order valence-corrected chi connectivity index (χ1v) is 6.14. The highest BCUT2D eigenvalue weighted by molar-refractivity contribution is 5.91. The Morgan fingerprint density at radius 3 is 2.85 bits per heavy atom. The van der Waals surface area contributed by atoms with Crippen LogP contribution in [0.5, 0.6) is 5.75 Å². The molecule has 0 fully saturated rings. The third-order valence-electron chi connectivity index (χ3n) is 2.68. The minimum atomic E-state index is -0.470. The van der Waals surface area contributed by atoms with Crippen LogP contribution < -0.4 is 10.5 Å². The minimum absolute atomic E-state index is 0.0580. The van der Waals surface area contributed by atoms with E-state index in [-0.39, 0.29) is 6.61 Å². The van der Waals surface area contributed by atoms with Crippen molar-refractivity contribution in [3.63, 3.8) is 0 Å². The quantitative estimate of drug-likeness (QED) is 0.650. The summed E-state index contributed by atoms with van der Waals surface area (Å²) in [5.41, 5.74) is 6.57. The molecule has 0 spiro atoms. The average molecular weight is 276 g/mol. The van der Waals surface area contributed by atoms with Crippen LogP contribution in [0.4, 0.5) is 5.69 Å². The number of benzene rings is 1. The van der Waals surface area contributed by atoms with Gasteiger partial charge in [0.15, 0.2) is 12.4 Å². The van der Waals surface area contributed by atoms with Gasteiger partial charge in [-0.05, 0) is 25.1 Å². The molecule has 1 aromatic heterocycles. The van der Waals surface area contributed by atoms with Gasteiger partial charge in [-0.3, -0.25) is 4.68 Å². The zero-order valence-electron chi connectivity index (χ0n) is 11.4. The molecule has 0 aliphatic heterocycles. The fraction of sp³-hybridized carbons (Fsp3) is 0.308. The SMILES string of the molecule is CCOc1ccc(C(=O)OCc2ncnn2C)cc1N. The Morgan fingerprint density at radius 1 is 1.45 bits per heavy atom. The van der Waals surface area contributed by atoms with Gasteiger partial charge in [-0.25, -0.2) is 9.78 Å². The van der Waals surface area contributed by atoms with Gasteiger partial charge >= 0.3 is 5.97 Å². The zero-order chi connectivity index (χ0) is 14.5. The Kier molecular flexibility index (Phi) is 4.19. The molecule has 0 saturated heterocycles. The van der Waals surface area contributed by atoms with E-state index in [0.29, 0.717) is 29.4 Å². The van der Waals surface area contributed by atoms with Gasteiger partial charge in [0.1, 0.15) is 12.1 Å². The second kappa shape index (κ2) is 6.05. The normalized spacial score (nSPS) is 10.3. The highest BCUT2D eigenvalue weighted by atomic mass is 16.5. The standard InChI is InChI=1S/C13H16N4O3/c1-3-19-11-5-4-9(6-10(11)14)13(18)20-7-12-15-8-16-17(12)2/h4-6,8H,3,7,14H2,1-2H3. The summed E-state index contributed by atoms with van der Waals surface area (Å²) in [4.78, 5) is 15.9. The average Bonchev–Trinajstić information content (AvgIpc) is 2.84. The summed E-state index contributed by atoms with van der Waals surface area (Å²) in [5.74, 6) is 0.650. The number of aromatic nitrogens is 3. The number of ether oxygens (including phenoxy) is 2. The second-order valence-electron chi connectivity index (χ2n) is 4.06. The highest BCUT2D eigenvalue weighted by Crippen LogP contribution is 2.22. The van der Waals surface area contributed by atoms with Crippen molar-refractivity contribution in [2.45, 2.75) is 13.5 Å². The third-order valence-corrected chi connectivity index (χ3v) is 2.68. The number of nitrogens with zero attached hydrogens (tertiary/aromatic N) is 3. The van der Waals surface area contributed by atoms with Crippen LogP contribution in [-0.4, -0.2) is 27.3 Å². The van der Waals surface area contributed by atoms with Gasteiger partial charge in [-0.2, -0.15) is 5.10 Å². The van der Waals surface area contributed by atoms with Gasteiger partial charge in [0, 0.05) is 7.05 Å². The summed E-state index contributed by atoms with van der Waals surface area (Å²) in [7, 11) is 1.73. The maximum atomic E-state index is 11.9. The molecule has 0 bridgehead atoms. The van der Waals surface area contributed by atoms with Crippen molar-refractivity contribution in [2.24, 2.45) is 7.05 Å². The molecule has 0 unspecified atom stereocenters. The second-order valence-corrected chi connectivity index (χ2v) is 4.06. The Morgan fingerprint density at radius 2 is 2.25 bits per heavy atom. The molecule has 2 aromatic rings.